The molecule has 22 heteroatoms. The van der Waals surface area contributed by atoms with Crippen LogP contribution in [0.15, 0.2) is 95.3 Å². The molecule has 0 aliphatic carbocycles. The van der Waals surface area contributed by atoms with Crippen LogP contribution in [0.25, 0.3) is 16.7 Å². The largest absolute Gasteiger partial charge is 0.310 e. The van der Waals surface area contributed by atoms with E-state index < -0.39 is 58.5 Å². The van der Waals surface area contributed by atoms with E-state index in [1.54, 1.807) is 0 Å². The lowest BCUT2D eigenvalue weighted by atomic mass is 10.0. The van der Waals surface area contributed by atoms with Crippen molar-refractivity contribution in [2.75, 3.05) is 0 Å². The monoisotopic (exact) mass is 658 g/mol. The number of hydrogen-bond acceptors (Lipinski definition) is 16. The van der Waals surface area contributed by atoms with Crippen molar-refractivity contribution in [3.63, 3.8) is 0 Å². The van der Waals surface area contributed by atoms with Crippen LogP contribution in [0.5, 0.6) is 0 Å². The van der Waals surface area contributed by atoms with Gasteiger partial charge in [0.25, 0.3) is 0 Å². The Morgan fingerprint density at radius 3 is 0.938 bits per heavy atom. The van der Waals surface area contributed by atoms with Gasteiger partial charge in [-0.3, -0.25) is 0 Å². The summed E-state index contributed by atoms with van der Waals surface area (Å²) in [6.07, 6.45) is 0. The van der Waals surface area contributed by atoms with Crippen molar-refractivity contribution < 1.29 is 26.3 Å². The van der Waals surface area contributed by atoms with Crippen molar-refractivity contribution in [1.82, 2.24) is 36.9 Å². The number of rotatable bonds is 3. The number of amidine groups is 6. The molecule has 0 radical (unpaired) electrons. The summed E-state index contributed by atoms with van der Waals surface area (Å²) in [6.45, 7) is 0. The van der Waals surface area contributed by atoms with Crippen molar-refractivity contribution >= 4 is 51.7 Å². The highest BCUT2D eigenvalue weighted by atomic mass is 19.2. The van der Waals surface area contributed by atoms with E-state index in [4.69, 9.17) is 0 Å². The smallest absolute Gasteiger partial charge is 0.246 e. The van der Waals surface area contributed by atoms with Gasteiger partial charge in [0, 0.05) is 5.56 Å². The van der Waals surface area contributed by atoms with E-state index in [0.717, 1.165) is 12.1 Å². The summed E-state index contributed by atoms with van der Waals surface area (Å²) >= 11 is 0. The van der Waals surface area contributed by atoms with Crippen molar-refractivity contribution in [1.29, 1.82) is 15.8 Å². The summed E-state index contributed by atoms with van der Waals surface area (Å²) in [5.41, 5.74) is -1.94. The third-order valence-electron chi connectivity index (χ3n) is 6.56. The Kier molecular flexibility index (Phi) is 6.58. The summed E-state index contributed by atoms with van der Waals surface area (Å²) in [7, 11) is 0. The molecule has 6 aliphatic heterocycles. The Morgan fingerprint density at radius 2 is 0.688 bits per heavy atom. The van der Waals surface area contributed by atoms with Crippen LogP contribution in [0.2, 0.25) is 0 Å². The molecule has 7 heterocycles. The van der Waals surface area contributed by atoms with Crippen molar-refractivity contribution in [3.8, 4) is 18.2 Å². The maximum absolute atomic E-state index is 13.8. The van der Waals surface area contributed by atoms with E-state index in [0.29, 0.717) is 0 Å². The minimum Gasteiger partial charge on any atom is -0.310 e. The predicted molar refractivity (Wildman–Crippen MR) is 153 cm³/mol. The van der Waals surface area contributed by atoms with Gasteiger partial charge in [-0.2, -0.15) is 42.1 Å². The number of allylic oxidation sites excluding steroid dienone is 3. The number of halogens is 6. The molecule has 0 unspecified atom stereocenters. The third-order valence-corrected chi connectivity index (χ3v) is 6.56. The van der Waals surface area contributed by atoms with Gasteiger partial charge >= 0.3 is 0 Å². The highest BCUT2D eigenvalue weighted by molar-refractivity contribution is 6.44. The van der Waals surface area contributed by atoms with Gasteiger partial charge in [-0.1, -0.05) is 0 Å². The highest BCUT2D eigenvalue weighted by Gasteiger charge is 2.32. The van der Waals surface area contributed by atoms with Crippen molar-refractivity contribution in [2.24, 2.45) is 30.0 Å². The van der Waals surface area contributed by atoms with Gasteiger partial charge in [0.15, 0.2) is 52.5 Å². The average molecular weight is 658 g/mol. The van der Waals surface area contributed by atoms with Gasteiger partial charge in [-0.25, -0.2) is 34.9 Å². The first kappa shape index (κ1) is 29.2. The lowest BCUT2D eigenvalue weighted by molar-refractivity contribution is 0.484. The molecular formula is C26H8F6N16. The molecule has 0 saturated heterocycles. The Labute approximate surface area is 261 Å². The summed E-state index contributed by atoms with van der Waals surface area (Å²) in [5, 5.41) is 42.7. The number of aliphatic imine (C=N–C) groups is 6. The molecule has 6 N–H and O–H groups in total. The zero-order chi connectivity index (χ0) is 33.9. The molecule has 16 nitrogen and oxygen atoms in total. The first-order valence-electron chi connectivity index (χ1n) is 12.8. The van der Waals surface area contributed by atoms with Gasteiger partial charge in [-0.15, -0.1) is 0 Å². The molecule has 234 valence electrons. The van der Waals surface area contributed by atoms with E-state index in [-0.39, 0.29) is 63.4 Å². The topological polar surface area (TPSA) is 231 Å². The molecule has 0 fully saturated rings. The van der Waals surface area contributed by atoms with E-state index in [1.165, 1.54) is 0 Å². The fraction of sp³-hybridized carbons (Fsp3) is 0. The van der Waals surface area contributed by atoms with Gasteiger partial charge in [0.1, 0.15) is 34.9 Å². The molecular weight excluding hydrogens is 650 g/mol. The maximum atomic E-state index is 13.8. The van der Waals surface area contributed by atoms with Gasteiger partial charge in [0.05, 0.1) is 11.4 Å². The fourth-order valence-corrected chi connectivity index (χ4v) is 4.46. The minimum atomic E-state index is -1.40. The highest BCUT2D eigenvalue weighted by Crippen LogP contribution is 2.32. The van der Waals surface area contributed by atoms with Crippen LogP contribution < -0.4 is 31.9 Å². The number of nitrogens with one attached hydrogen (secondary N) is 6. The Hall–Kier alpha value is -7.54. The Morgan fingerprint density at radius 1 is 0.438 bits per heavy atom. The molecule has 7 rings (SSSR count). The van der Waals surface area contributed by atoms with Crippen LogP contribution in [0.4, 0.5) is 26.3 Å². The van der Waals surface area contributed by atoms with Crippen LogP contribution >= 0.6 is 0 Å². The second kappa shape index (κ2) is 10.8. The van der Waals surface area contributed by atoms with Crippen LogP contribution in [0, 0.1) is 34.0 Å². The minimum absolute atomic E-state index is 0.119. The lowest BCUT2D eigenvalue weighted by Crippen LogP contribution is -2.42. The molecule has 0 atom stereocenters. The van der Waals surface area contributed by atoms with Gasteiger partial charge < -0.3 is 31.9 Å². The zero-order valence-corrected chi connectivity index (χ0v) is 22.9. The first-order valence-corrected chi connectivity index (χ1v) is 12.8. The summed E-state index contributed by atoms with van der Waals surface area (Å²) in [4.78, 5) is 28.4. The second-order valence-corrected chi connectivity index (χ2v) is 9.45. The number of fused-ring (bicyclic) bond motifs is 3. The number of nitrogens with zero attached hydrogens (tertiary/aromatic N) is 10. The zero-order valence-electron chi connectivity index (χ0n) is 22.9. The molecule has 6 aliphatic rings. The number of aromatic nitrogens is 1. The lowest BCUT2D eigenvalue weighted by Gasteiger charge is -2.13. The maximum Gasteiger partial charge on any atom is 0.246 e. The van der Waals surface area contributed by atoms with Crippen molar-refractivity contribution in [3.05, 3.63) is 82.3 Å². The second-order valence-electron chi connectivity index (χ2n) is 9.45. The molecule has 0 spiro atoms. The Bertz CT molecular complexity index is 1960. The molecule has 0 amide bonds. The summed E-state index contributed by atoms with van der Waals surface area (Å²) < 4.78 is 82.8. The van der Waals surface area contributed by atoms with E-state index >= 15 is 0 Å². The van der Waals surface area contributed by atoms with Crippen molar-refractivity contribution in [2.45, 2.75) is 0 Å². The molecule has 1 aromatic heterocycles. The van der Waals surface area contributed by atoms with Crippen LogP contribution in [0.3, 0.4) is 0 Å². The summed E-state index contributed by atoms with van der Waals surface area (Å²) in [6, 6.07) is 7.82. The fourth-order valence-electron chi connectivity index (χ4n) is 4.46. The van der Waals surface area contributed by atoms with Gasteiger partial charge in [-0.05, 0) is 12.1 Å². The number of pyridine rings is 1. The van der Waals surface area contributed by atoms with Crippen LogP contribution in [0.1, 0.15) is 17.0 Å². The van der Waals surface area contributed by atoms with Gasteiger partial charge in [0.2, 0.25) is 35.7 Å². The quantitative estimate of drug-likeness (QED) is 0.157. The SMILES string of the molecule is N#CC(=C1N=C2NC(F)=C(F)NC2=N1)c1cc(C(C#N)=C2N=C3NC(F)=C(F)NC3=N2)nc(C(C#N)=C2N=C3NC(F)=C(F)NC3=N2)c1. The molecule has 0 saturated carbocycles. The molecule has 0 aromatic carbocycles. The van der Waals surface area contributed by atoms with E-state index in [1.807, 2.05) is 50.1 Å². The number of hydrogen-bond donors (Lipinski definition) is 6. The van der Waals surface area contributed by atoms with Crippen LogP contribution in [-0.2, 0) is 0 Å². The molecule has 1 aromatic rings. The number of nitriles is 3. The molecule has 0 bridgehead atoms. The normalized spacial score (nSPS) is 18.7. The Balaban J connectivity index is 1.42. The average Bonchev–Trinajstić information content (AvgIpc) is 3.76. The van der Waals surface area contributed by atoms with E-state index in [2.05, 4.69) is 34.9 Å². The predicted octanol–water partition coefficient (Wildman–Crippen LogP) is 1.87. The van der Waals surface area contributed by atoms with Crippen LogP contribution in [-0.4, -0.2) is 40.0 Å². The molecule has 48 heavy (non-hydrogen) atoms. The van der Waals surface area contributed by atoms with E-state index in [9.17, 15) is 42.1 Å². The summed E-state index contributed by atoms with van der Waals surface area (Å²) in [5.74, 6) is -11.2. The first-order chi connectivity index (χ1) is 23.1. The standard InChI is InChI=1S/C26H8F6N16/c27-12-13(28)38-22-21(37-12)43-18(44-22)7(3-33)6-1-10(8(4-34)19-45-23-24(46-19)40-15(30)14(29)39-23)36-11(2-6)9(5-35)20-47-25-26(48-20)42-17(32)16(31)41-25/h1-2H,(H,37,43)(H,38,44)(H,39,45)(H,40,46)(H,41,47)(H,42,48). The third kappa shape index (κ3) is 4.76.